The van der Waals surface area contributed by atoms with Gasteiger partial charge in [-0.05, 0) is 24.5 Å². The molecule has 1 aliphatic heterocycles. The van der Waals surface area contributed by atoms with E-state index in [-0.39, 0.29) is 6.04 Å². The summed E-state index contributed by atoms with van der Waals surface area (Å²) >= 11 is 1.62. The SMILES string of the molecule is Cc1nnc2sc(C3Cc4ccccc4CN3)nn12. The van der Waals surface area contributed by atoms with Crippen LogP contribution in [0.4, 0.5) is 0 Å². The van der Waals surface area contributed by atoms with Crippen LogP contribution in [0.25, 0.3) is 4.96 Å². The fourth-order valence-corrected chi connectivity index (χ4v) is 3.46. The number of benzene rings is 1. The molecule has 3 aromatic rings. The van der Waals surface area contributed by atoms with Crippen LogP contribution >= 0.6 is 11.3 Å². The second-order valence-electron chi connectivity index (χ2n) is 4.79. The third-order valence-corrected chi connectivity index (χ3v) is 4.55. The number of nitrogens with one attached hydrogen (secondary N) is 1. The number of aryl methyl sites for hydroxylation is 1. The van der Waals surface area contributed by atoms with Crippen molar-refractivity contribution < 1.29 is 0 Å². The minimum Gasteiger partial charge on any atom is -0.303 e. The summed E-state index contributed by atoms with van der Waals surface area (Å²) in [5.74, 6) is 0.841. The normalized spacial score (nSPS) is 18.7. The molecule has 0 radical (unpaired) electrons. The molecule has 0 aliphatic carbocycles. The van der Waals surface area contributed by atoms with Crippen molar-refractivity contribution in [3.8, 4) is 0 Å². The molecule has 0 spiro atoms. The van der Waals surface area contributed by atoms with Crippen molar-refractivity contribution in [3.63, 3.8) is 0 Å². The largest absolute Gasteiger partial charge is 0.303 e. The zero-order valence-electron chi connectivity index (χ0n) is 10.5. The summed E-state index contributed by atoms with van der Waals surface area (Å²) in [6.07, 6.45) is 0.985. The van der Waals surface area contributed by atoms with Crippen LogP contribution in [0, 0.1) is 6.92 Å². The van der Waals surface area contributed by atoms with Gasteiger partial charge < -0.3 is 5.32 Å². The summed E-state index contributed by atoms with van der Waals surface area (Å²) in [7, 11) is 0. The summed E-state index contributed by atoms with van der Waals surface area (Å²) in [4.78, 5) is 0.869. The first-order valence-electron chi connectivity index (χ1n) is 6.30. The lowest BCUT2D eigenvalue weighted by Gasteiger charge is -2.24. The van der Waals surface area contributed by atoms with E-state index in [9.17, 15) is 0 Å². The first-order valence-corrected chi connectivity index (χ1v) is 7.12. The number of fused-ring (bicyclic) bond motifs is 2. The smallest absolute Gasteiger partial charge is 0.234 e. The van der Waals surface area contributed by atoms with E-state index in [4.69, 9.17) is 0 Å². The Bertz CT molecular complexity index is 744. The fourth-order valence-electron chi connectivity index (χ4n) is 2.50. The molecule has 0 amide bonds. The highest BCUT2D eigenvalue weighted by atomic mass is 32.1. The summed E-state index contributed by atoms with van der Waals surface area (Å²) < 4.78 is 1.82. The van der Waals surface area contributed by atoms with Gasteiger partial charge in [-0.1, -0.05) is 35.6 Å². The number of hydrogen-bond donors (Lipinski definition) is 1. The van der Waals surface area contributed by atoms with Crippen molar-refractivity contribution in [1.82, 2.24) is 25.1 Å². The van der Waals surface area contributed by atoms with E-state index in [1.807, 2.05) is 11.4 Å². The molecule has 96 valence electrons. The molecule has 1 atom stereocenters. The molecule has 5 nitrogen and oxygen atoms in total. The lowest BCUT2D eigenvalue weighted by Crippen LogP contribution is -2.28. The fraction of sp³-hybridized carbons (Fsp3) is 0.308. The van der Waals surface area contributed by atoms with Crippen LogP contribution in [0.3, 0.4) is 0 Å². The molecular weight excluding hydrogens is 258 g/mol. The molecule has 19 heavy (non-hydrogen) atoms. The van der Waals surface area contributed by atoms with E-state index in [1.54, 1.807) is 11.3 Å². The Labute approximate surface area is 114 Å². The summed E-state index contributed by atoms with van der Waals surface area (Å²) in [6, 6.07) is 8.86. The molecule has 0 saturated carbocycles. The van der Waals surface area contributed by atoms with Crippen molar-refractivity contribution in [3.05, 3.63) is 46.2 Å². The Morgan fingerprint density at radius 1 is 1.26 bits per heavy atom. The third kappa shape index (κ3) is 1.75. The average molecular weight is 271 g/mol. The molecule has 2 aromatic heterocycles. The number of aromatic nitrogens is 4. The number of hydrogen-bond acceptors (Lipinski definition) is 5. The van der Waals surface area contributed by atoms with E-state index >= 15 is 0 Å². The van der Waals surface area contributed by atoms with Crippen molar-refractivity contribution in [1.29, 1.82) is 0 Å². The molecule has 0 saturated heterocycles. The molecule has 1 aromatic carbocycles. The summed E-state index contributed by atoms with van der Waals surface area (Å²) in [5.41, 5.74) is 2.80. The molecular formula is C13H13N5S. The average Bonchev–Trinajstić information content (AvgIpc) is 3.01. The van der Waals surface area contributed by atoms with Gasteiger partial charge in [0.2, 0.25) is 4.96 Å². The zero-order valence-corrected chi connectivity index (χ0v) is 11.3. The van der Waals surface area contributed by atoms with Crippen LogP contribution in [-0.2, 0) is 13.0 Å². The second-order valence-corrected chi connectivity index (χ2v) is 5.78. The molecule has 1 unspecified atom stereocenters. The first-order chi connectivity index (χ1) is 9.31. The third-order valence-electron chi connectivity index (χ3n) is 3.54. The first kappa shape index (κ1) is 11.1. The van der Waals surface area contributed by atoms with Gasteiger partial charge in [0.05, 0.1) is 6.04 Å². The van der Waals surface area contributed by atoms with Gasteiger partial charge in [0.25, 0.3) is 0 Å². The molecule has 0 fully saturated rings. The topological polar surface area (TPSA) is 55.1 Å². The molecule has 0 bridgehead atoms. The predicted molar refractivity (Wildman–Crippen MR) is 73.1 cm³/mol. The van der Waals surface area contributed by atoms with Gasteiger partial charge in [-0.3, -0.25) is 0 Å². The maximum Gasteiger partial charge on any atom is 0.234 e. The quantitative estimate of drug-likeness (QED) is 0.734. The summed E-state index contributed by atoms with van der Waals surface area (Å²) in [6.45, 7) is 2.83. The zero-order chi connectivity index (χ0) is 12.8. The highest BCUT2D eigenvalue weighted by Crippen LogP contribution is 2.28. The van der Waals surface area contributed by atoms with E-state index in [0.717, 1.165) is 28.8 Å². The van der Waals surface area contributed by atoms with Gasteiger partial charge >= 0.3 is 0 Å². The van der Waals surface area contributed by atoms with Crippen molar-refractivity contribution in [2.75, 3.05) is 0 Å². The Kier molecular flexibility index (Phi) is 2.39. The van der Waals surface area contributed by atoms with Crippen LogP contribution in [0.2, 0.25) is 0 Å². The van der Waals surface area contributed by atoms with Crippen molar-refractivity contribution >= 4 is 16.3 Å². The van der Waals surface area contributed by atoms with E-state index < -0.39 is 0 Å². The minimum atomic E-state index is 0.279. The maximum atomic E-state index is 4.62. The van der Waals surface area contributed by atoms with Gasteiger partial charge in [-0.2, -0.15) is 9.61 Å². The highest BCUT2D eigenvalue weighted by molar-refractivity contribution is 7.16. The van der Waals surface area contributed by atoms with Gasteiger partial charge in [0.15, 0.2) is 5.82 Å². The Balaban J connectivity index is 1.70. The van der Waals surface area contributed by atoms with Crippen LogP contribution in [0.5, 0.6) is 0 Å². The highest BCUT2D eigenvalue weighted by Gasteiger charge is 2.23. The van der Waals surface area contributed by atoms with Gasteiger partial charge in [-0.25, -0.2) is 0 Å². The molecule has 1 N–H and O–H groups in total. The van der Waals surface area contributed by atoms with E-state index in [0.29, 0.717) is 0 Å². The number of rotatable bonds is 1. The van der Waals surface area contributed by atoms with E-state index in [2.05, 4.69) is 44.9 Å². The molecule has 3 heterocycles. The van der Waals surface area contributed by atoms with Crippen LogP contribution in [-0.4, -0.2) is 19.8 Å². The Hall–Kier alpha value is -1.79. The second kappa shape index (κ2) is 4.11. The van der Waals surface area contributed by atoms with Crippen LogP contribution < -0.4 is 5.32 Å². The molecule has 1 aliphatic rings. The van der Waals surface area contributed by atoms with Crippen molar-refractivity contribution in [2.45, 2.75) is 25.9 Å². The van der Waals surface area contributed by atoms with Gasteiger partial charge in [0.1, 0.15) is 5.01 Å². The minimum absolute atomic E-state index is 0.279. The molecule has 4 rings (SSSR count). The lowest BCUT2D eigenvalue weighted by atomic mass is 9.96. The Morgan fingerprint density at radius 3 is 2.95 bits per heavy atom. The monoisotopic (exact) mass is 271 g/mol. The van der Waals surface area contributed by atoms with Crippen molar-refractivity contribution in [2.24, 2.45) is 0 Å². The lowest BCUT2D eigenvalue weighted by molar-refractivity contribution is 0.492. The Morgan fingerprint density at radius 2 is 2.11 bits per heavy atom. The number of nitrogens with zero attached hydrogens (tertiary/aromatic N) is 4. The predicted octanol–water partition coefficient (Wildman–Crippen LogP) is 1.88. The standard InChI is InChI=1S/C13H13N5S/c1-8-15-16-13-18(8)17-12(19-13)11-6-9-4-2-3-5-10(9)7-14-11/h2-5,11,14H,6-7H2,1H3. The van der Waals surface area contributed by atoms with Gasteiger partial charge in [-0.15, -0.1) is 10.2 Å². The van der Waals surface area contributed by atoms with Crippen LogP contribution in [0.15, 0.2) is 24.3 Å². The van der Waals surface area contributed by atoms with Crippen LogP contribution in [0.1, 0.15) is 28.0 Å². The maximum absolute atomic E-state index is 4.62. The van der Waals surface area contributed by atoms with Gasteiger partial charge in [0, 0.05) is 6.54 Å². The summed E-state index contributed by atoms with van der Waals surface area (Å²) in [5, 5.41) is 17.4. The molecule has 6 heteroatoms. The van der Waals surface area contributed by atoms with E-state index in [1.165, 1.54) is 11.1 Å².